The third-order valence-corrected chi connectivity index (χ3v) is 6.41. The van der Waals surface area contributed by atoms with Gasteiger partial charge in [-0.2, -0.15) is 5.26 Å². The number of anilines is 1. The van der Waals surface area contributed by atoms with Crippen molar-refractivity contribution in [2.24, 2.45) is 0 Å². The number of fused-ring (bicyclic) bond motifs is 1. The number of nitrogens with one attached hydrogen (secondary N) is 2. The first kappa shape index (κ1) is 19.9. The quantitative estimate of drug-likeness (QED) is 0.457. The van der Waals surface area contributed by atoms with Gasteiger partial charge in [-0.15, -0.1) is 11.3 Å². The largest absolute Gasteiger partial charge is 0.349 e. The van der Waals surface area contributed by atoms with Crippen LogP contribution >= 0.6 is 11.3 Å². The number of carbonyl (C=O) groups is 2. The van der Waals surface area contributed by atoms with E-state index in [1.54, 1.807) is 48.5 Å². The summed E-state index contributed by atoms with van der Waals surface area (Å²) in [6.45, 7) is 0. The van der Waals surface area contributed by atoms with Gasteiger partial charge in [-0.1, -0.05) is 48.5 Å². The van der Waals surface area contributed by atoms with E-state index in [0.717, 1.165) is 31.2 Å². The van der Waals surface area contributed by atoms with Gasteiger partial charge in [0.05, 0.1) is 5.56 Å². The van der Waals surface area contributed by atoms with Crippen LogP contribution in [0.25, 0.3) is 0 Å². The van der Waals surface area contributed by atoms with Crippen molar-refractivity contribution in [2.75, 3.05) is 5.32 Å². The number of carbonyl (C=O) groups excluding carboxylic acids is 2. The van der Waals surface area contributed by atoms with E-state index in [1.807, 2.05) is 12.1 Å². The molecule has 2 aromatic carbocycles. The van der Waals surface area contributed by atoms with Crippen molar-refractivity contribution in [3.8, 4) is 6.07 Å². The SMILES string of the molecule is N#Cc1c(N[C@@H](NC(=O)c2ccccc2)C(=O)c2ccccc2)sc2c1CCCC2. The monoisotopic (exact) mass is 415 g/mol. The molecule has 5 nitrogen and oxygen atoms in total. The van der Waals surface area contributed by atoms with Crippen molar-refractivity contribution in [2.45, 2.75) is 31.8 Å². The van der Waals surface area contributed by atoms with E-state index in [-0.39, 0.29) is 11.7 Å². The maximum Gasteiger partial charge on any atom is 0.253 e. The first-order chi connectivity index (χ1) is 14.7. The standard InChI is InChI=1S/C24H21N3O2S/c25-15-19-18-13-7-8-14-20(18)30-24(19)27-22(21(28)16-9-3-1-4-10-16)26-23(29)17-11-5-2-6-12-17/h1-6,9-12,22,27H,7-8,13-14H2,(H,26,29)/t22-/m1/s1. The van der Waals surface area contributed by atoms with Crippen molar-refractivity contribution >= 4 is 28.0 Å². The van der Waals surface area contributed by atoms with Crippen LogP contribution in [0.1, 0.15) is 49.6 Å². The summed E-state index contributed by atoms with van der Waals surface area (Å²) in [5, 5.41) is 16.4. The number of hydrogen-bond donors (Lipinski definition) is 2. The highest BCUT2D eigenvalue weighted by molar-refractivity contribution is 7.16. The van der Waals surface area contributed by atoms with Gasteiger partial charge in [0.25, 0.3) is 5.91 Å². The Morgan fingerprint density at radius 2 is 1.57 bits per heavy atom. The number of hydrogen-bond acceptors (Lipinski definition) is 5. The summed E-state index contributed by atoms with van der Waals surface area (Å²) in [5.74, 6) is -0.604. The predicted octanol–water partition coefficient (Wildman–Crippen LogP) is 4.55. The van der Waals surface area contributed by atoms with E-state index in [0.29, 0.717) is 21.7 Å². The summed E-state index contributed by atoms with van der Waals surface area (Å²) in [6.07, 6.45) is 3.02. The summed E-state index contributed by atoms with van der Waals surface area (Å²) in [4.78, 5) is 27.2. The molecule has 1 aromatic heterocycles. The molecule has 0 unspecified atom stereocenters. The van der Waals surface area contributed by atoms with Gasteiger partial charge in [-0.05, 0) is 43.4 Å². The molecule has 30 heavy (non-hydrogen) atoms. The van der Waals surface area contributed by atoms with Gasteiger partial charge >= 0.3 is 0 Å². The molecule has 0 spiro atoms. The number of rotatable bonds is 6. The summed E-state index contributed by atoms with van der Waals surface area (Å²) in [7, 11) is 0. The molecule has 1 aliphatic carbocycles. The topological polar surface area (TPSA) is 82.0 Å². The smallest absolute Gasteiger partial charge is 0.253 e. The number of aryl methyl sites for hydroxylation is 1. The fourth-order valence-electron chi connectivity index (χ4n) is 3.66. The molecule has 1 heterocycles. The van der Waals surface area contributed by atoms with E-state index in [9.17, 15) is 14.9 Å². The molecule has 4 rings (SSSR count). The normalized spacial score (nSPS) is 13.6. The van der Waals surface area contributed by atoms with Crippen LogP contribution in [0.15, 0.2) is 60.7 Å². The third kappa shape index (κ3) is 4.12. The first-order valence-electron chi connectivity index (χ1n) is 9.93. The average molecular weight is 416 g/mol. The molecule has 0 radical (unpaired) electrons. The van der Waals surface area contributed by atoms with E-state index < -0.39 is 6.17 Å². The van der Waals surface area contributed by atoms with Gasteiger partial charge in [0.1, 0.15) is 11.1 Å². The molecule has 1 amide bonds. The third-order valence-electron chi connectivity index (χ3n) is 5.19. The highest BCUT2D eigenvalue weighted by Gasteiger charge is 2.27. The number of nitrogens with zero attached hydrogens (tertiary/aromatic N) is 1. The van der Waals surface area contributed by atoms with Crippen molar-refractivity contribution in [3.63, 3.8) is 0 Å². The van der Waals surface area contributed by atoms with Gasteiger partial charge in [0, 0.05) is 16.0 Å². The number of ketones is 1. The van der Waals surface area contributed by atoms with Crippen LogP contribution in [-0.2, 0) is 12.8 Å². The van der Waals surface area contributed by atoms with Crippen LogP contribution in [0, 0.1) is 11.3 Å². The van der Waals surface area contributed by atoms with Crippen molar-refractivity contribution in [3.05, 3.63) is 87.8 Å². The van der Waals surface area contributed by atoms with Crippen molar-refractivity contribution in [1.29, 1.82) is 5.26 Å². The molecule has 0 aliphatic heterocycles. The molecule has 2 N–H and O–H groups in total. The molecule has 0 saturated heterocycles. The highest BCUT2D eigenvalue weighted by atomic mass is 32.1. The Kier molecular flexibility index (Phi) is 5.92. The van der Waals surface area contributed by atoms with Crippen LogP contribution in [0.2, 0.25) is 0 Å². The second kappa shape index (κ2) is 8.93. The Hall–Kier alpha value is -3.43. The van der Waals surface area contributed by atoms with Crippen LogP contribution in [-0.4, -0.2) is 17.9 Å². The Labute approximate surface area is 179 Å². The lowest BCUT2D eigenvalue weighted by Crippen LogP contribution is -2.46. The molecule has 0 saturated carbocycles. The minimum atomic E-state index is -0.979. The highest BCUT2D eigenvalue weighted by Crippen LogP contribution is 2.38. The van der Waals surface area contributed by atoms with Gasteiger partial charge in [-0.3, -0.25) is 9.59 Å². The number of Topliss-reactive ketones (excluding diaryl/α,β-unsaturated/α-hetero) is 1. The van der Waals surface area contributed by atoms with E-state index in [4.69, 9.17) is 0 Å². The molecule has 1 atom stereocenters. The molecule has 3 aromatic rings. The van der Waals surface area contributed by atoms with Crippen LogP contribution in [0.3, 0.4) is 0 Å². The minimum absolute atomic E-state index is 0.254. The zero-order chi connectivity index (χ0) is 20.9. The summed E-state index contributed by atoms with van der Waals surface area (Å²) < 4.78 is 0. The van der Waals surface area contributed by atoms with Crippen LogP contribution < -0.4 is 10.6 Å². The number of benzene rings is 2. The lowest BCUT2D eigenvalue weighted by molar-refractivity contribution is 0.0869. The van der Waals surface area contributed by atoms with Crippen LogP contribution in [0.5, 0.6) is 0 Å². The van der Waals surface area contributed by atoms with Gasteiger partial charge < -0.3 is 10.6 Å². The number of thiophene rings is 1. The van der Waals surface area contributed by atoms with E-state index in [2.05, 4.69) is 16.7 Å². The van der Waals surface area contributed by atoms with E-state index in [1.165, 1.54) is 16.2 Å². The average Bonchev–Trinajstić information content (AvgIpc) is 3.16. The lowest BCUT2D eigenvalue weighted by atomic mass is 9.96. The van der Waals surface area contributed by atoms with Gasteiger partial charge in [0.15, 0.2) is 6.17 Å². The zero-order valence-electron chi connectivity index (χ0n) is 16.4. The lowest BCUT2D eigenvalue weighted by Gasteiger charge is -2.20. The molecule has 6 heteroatoms. The second-order valence-corrected chi connectivity index (χ2v) is 8.28. The van der Waals surface area contributed by atoms with Gasteiger partial charge in [-0.25, -0.2) is 0 Å². The summed E-state index contributed by atoms with van der Waals surface area (Å²) >= 11 is 1.51. The molecule has 0 fully saturated rings. The Morgan fingerprint density at radius 1 is 0.933 bits per heavy atom. The molecule has 0 bridgehead atoms. The second-order valence-electron chi connectivity index (χ2n) is 7.17. The van der Waals surface area contributed by atoms with E-state index >= 15 is 0 Å². The number of amides is 1. The predicted molar refractivity (Wildman–Crippen MR) is 118 cm³/mol. The maximum absolute atomic E-state index is 13.2. The first-order valence-corrected chi connectivity index (χ1v) is 10.8. The van der Waals surface area contributed by atoms with Crippen molar-refractivity contribution in [1.82, 2.24) is 5.32 Å². The fourth-order valence-corrected chi connectivity index (χ4v) is 4.92. The molecular formula is C24H21N3O2S. The van der Waals surface area contributed by atoms with Crippen molar-refractivity contribution < 1.29 is 9.59 Å². The zero-order valence-corrected chi connectivity index (χ0v) is 17.2. The molecular weight excluding hydrogens is 394 g/mol. The Morgan fingerprint density at radius 3 is 2.23 bits per heavy atom. The molecule has 1 aliphatic rings. The van der Waals surface area contributed by atoms with Crippen LogP contribution in [0.4, 0.5) is 5.00 Å². The van der Waals surface area contributed by atoms with Gasteiger partial charge in [0.2, 0.25) is 5.78 Å². The summed E-state index contributed by atoms with van der Waals surface area (Å²) in [5.41, 5.74) is 2.63. The summed E-state index contributed by atoms with van der Waals surface area (Å²) in [6, 6.07) is 19.9. The minimum Gasteiger partial charge on any atom is -0.349 e. The Bertz CT molecular complexity index is 1100. The maximum atomic E-state index is 13.2. The molecule has 150 valence electrons. The fraction of sp³-hybridized carbons (Fsp3) is 0.208. The number of nitriles is 1. The Balaban J connectivity index is 1.66.